The largest absolute Gasteiger partial charge is 0.315 e. The maximum Gasteiger partial charge on any atom is 0.251 e. The molecule has 1 saturated heterocycles. The van der Waals surface area contributed by atoms with Gasteiger partial charge >= 0.3 is 0 Å². The van der Waals surface area contributed by atoms with Crippen LogP contribution in [0.3, 0.4) is 0 Å². The van der Waals surface area contributed by atoms with Crippen molar-refractivity contribution in [3.63, 3.8) is 0 Å². The minimum Gasteiger partial charge on any atom is -0.315 e. The number of thiophene rings is 1. The smallest absolute Gasteiger partial charge is 0.251 e. The summed E-state index contributed by atoms with van der Waals surface area (Å²) >= 11 is 4.45. The fourth-order valence-electron chi connectivity index (χ4n) is 1.50. The van der Waals surface area contributed by atoms with E-state index < -0.39 is 10.0 Å². The molecule has 1 aliphatic rings. The maximum absolute atomic E-state index is 11.9. The first-order valence-corrected chi connectivity index (χ1v) is 7.71. The van der Waals surface area contributed by atoms with Crippen molar-refractivity contribution in [3.05, 3.63) is 15.9 Å². The monoisotopic (exact) mass is 310 g/mol. The van der Waals surface area contributed by atoms with Crippen LogP contribution >= 0.6 is 27.3 Å². The zero-order valence-corrected chi connectivity index (χ0v) is 11.1. The van der Waals surface area contributed by atoms with Crippen molar-refractivity contribution < 1.29 is 8.42 Å². The first-order valence-electron chi connectivity index (χ1n) is 4.55. The van der Waals surface area contributed by atoms with Gasteiger partial charge in [-0.3, -0.25) is 0 Å². The van der Waals surface area contributed by atoms with Gasteiger partial charge in [0.2, 0.25) is 0 Å². The molecule has 2 N–H and O–H groups in total. The summed E-state index contributed by atoms with van der Waals surface area (Å²) in [5.41, 5.74) is 0. The van der Waals surface area contributed by atoms with E-state index in [-0.39, 0.29) is 6.04 Å². The molecule has 0 radical (unpaired) electrons. The van der Waals surface area contributed by atoms with Crippen LogP contribution in [0.15, 0.2) is 20.1 Å². The predicted octanol–water partition coefficient (Wildman–Crippen LogP) is 1.15. The summed E-state index contributed by atoms with van der Waals surface area (Å²) in [5, 5.41) is 4.88. The Kier molecular flexibility index (Phi) is 3.46. The highest BCUT2D eigenvalue weighted by Gasteiger charge is 2.25. The molecule has 0 spiro atoms. The van der Waals surface area contributed by atoms with Gasteiger partial charge in [-0.25, -0.2) is 13.1 Å². The van der Waals surface area contributed by atoms with Crippen molar-refractivity contribution in [2.75, 3.05) is 13.1 Å². The zero-order valence-electron chi connectivity index (χ0n) is 7.86. The van der Waals surface area contributed by atoms with Crippen LogP contribution in [0.2, 0.25) is 0 Å². The number of nitrogens with one attached hydrogen (secondary N) is 2. The molecular weight excluding hydrogens is 300 g/mol. The summed E-state index contributed by atoms with van der Waals surface area (Å²) < 4.78 is 27.5. The van der Waals surface area contributed by atoms with E-state index >= 15 is 0 Å². The first-order chi connectivity index (χ1) is 7.09. The Bertz CT molecular complexity index is 437. The van der Waals surface area contributed by atoms with Crippen LogP contribution in [0.25, 0.3) is 0 Å². The Morgan fingerprint density at radius 3 is 2.93 bits per heavy atom. The Labute approximate surface area is 101 Å². The minimum atomic E-state index is -3.35. The third-order valence-corrected chi connectivity index (χ3v) is 6.40. The van der Waals surface area contributed by atoms with Crippen molar-refractivity contribution >= 4 is 37.3 Å². The quantitative estimate of drug-likeness (QED) is 0.880. The summed E-state index contributed by atoms with van der Waals surface area (Å²) in [6.07, 6.45) is 0.849. The van der Waals surface area contributed by atoms with Crippen LogP contribution in [0.1, 0.15) is 6.42 Å². The van der Waals surface area contributed by atoms with E-state index in [2.05, 4.69) is 26.0 Å². The summed E-state index contributed by atoms with van der Waals surface area (Å²) in [6.45, 7) is 1.58. The molecule has 7 heteroatoms. The number of hydrogen-bond acceptors (Lipinski definition) is 4. The van der Waals surface area contributed by atoms with Gasteiger partial charge in [0.05, 0.1) is 0 Å². The lowest BCUT2D eigenvalue weighted by molar-refractivity contribution is 0.562. The second-order valence-electron chi connectivity index (χ2n) is 3.37. The zero-order chi connectivity index (χ0) is 10.9. The summed E-state index contributed by atoms with van der Waals surface area (Å²) in [4.78, 5) is 0. The molecule has 0 unspecified atom stereocenters. The fraction of sp³-hybridized carbons (Fsp3) is 0.500. The highest BCUT2D eigenvalue weighted by atomic mass is 79.9. The normalized spacial score (nSPS) is 22.1. The van der Waals surface area contributed by atoms with E-state index in [4.69, 9.17) is 0 Å². The molecule has 1 atom stereocenters. The van der Waals surface area contributed by atoms with E-state index in [9.17, 15) is 8.42 Å². The third-order valence-electron chi connectivity index (χ3n) is 2.21. The Morgan fingerprint density at radius 1 is 1.60 bits per heavy atom. The highest BCUT2D eigenvalue weighted by molar-refractivity contribution is 9.10. The maximum atomic E-state index is 11.9. The molecule has 0 saturated carbocycles. The molecule has 84 valence electrons. The second-order valence-corrected chi connectivity index (χ2v) is 7.05. The van der Waals surface area contributed by atoms with E-state index in [0.717, 1.165) is 13.0 Å². The number of sulfonamides is 1. The summed E-state index contributed by atoms with van der Waals surface area (Å²) in [6, 6.07) is 1.76. The van der Waals surface area contributed by atoms with E-state index in [1.807, 2.05) is 0 Å². The van der Waals surface area contributed by atoms with Crippen molar-refractivity contribution in [2.24, 2.45) is 0 Å². The van der Waals surface area contributed by atoms with Crippen molar-refractivity contribution in [3.8, 4) is 0 Å². The van der Waals surface area contributed by atoms with Gasteiger partial charge in [-0.05, 0) is 40.3 Å². The van der Waals surface area contributed by atoms with Crippen LogP contribution in [0.5, 0.6) is 0 Å². The first kappa shape index (κ1) is 11.5. The molecule has 0 bridgehead atoms. The van der Waals surface area contributed by atoms with Crippen LogP contribution < -0.4 is 10.0 Å². The molecule has 1 aromatic rings. The van der Waals surface area contributed by atoms with E-state index in [0.29, 0.717) is 15.2 Å². The molecule has 0 aromatic carbocycles. The average molecular weight is 311 g/mol. The van der Waals surface area contributed by atoms with Gasteiger partial charge in [-0.15, -0.1) is 11.3 Å². The van der Waals surface area contributed by atoms with Crippen LogP contribution in [-0.2, 0) is 10.0 Å². The summed E-state index contributed by atoms with van der Waals surface area (Å²) in [5.74, 6) is 0. The summed E-state index contributed by atoms with van der Waals surface area (Å²) in [7, 11) is -3.35. The molecule has 1 aromatic heterocycles. The van der Waals surface area contributed by atoms with Crippen LogP contribution in [-0.4, -0.2) is 27.5 Å². The molecule has 2 heterocycles. The van der Waals surface area contributed by atoms with Crippen molar-refractivity contribution in [1.29, 1.82) is 0 Å². The lowest BCUT2D eigenvalue weighted by Crippen LogP contribution is -2.35. The lowest BCUT2D eigenvalue weighted by atomic mass is 10.3. The Balaban J connectivity index is 2.16. The minimum absolute atomic E-state index is 0.0176. The molecule has 15 heavy (non-hydrogen) atoms. The number of hydrogen-bond donors (Lipinski definition) is 2. The van der Waals surface area contributed by atoms with Gasteiger partial charge in [0, 0.05) is 17.1 Å². The van der Waals surface area contributed by atoms with Gasteiger partial charge in [-0.2, -0.15) is 0 Å². The SMILES string of the molecule is O=S(=O)(N[C@H]1CCNC1)c1sccc1Br. The van der Waals surface area contributed by atoms with Gasteiger partial charge in [-0.1, -0.05) is 0 Å². The van der Waals surface area contributed by atoms with Gasteiger partial charge in [0.1, 0.15) is 4.21 Å². The predicted molar refractivity (Wildman–Crippen MR) is 63.6 cm³/mol. The molecule has 1 aliphatic heterocycles. The topological polar surface area (TPSA) is 58.2 Å². The number of rotatable bonds is 3. The molecule has 0 aliphatic carbocycles. The van der Waals surface area contributed by atoms with Gasteiger partial charge < -0.3 is 5.32 Å². The van der Waals surface area contributed by atoms with E-state index in [1.54, 1.807) is 11.4 Å². The Hall–Kier alpha value is 0.0500. The fourth-order valence-corrected chi connectivity index (χ4v) is 5.12. The Morgan fingerprint density at radius 2 is 2.40 bits per heavy atom. The van der Waals surface area contributed by atoms with Crippen LogP contribution in [0.4, 0.5) is 0 Å². The standard InChI is InChI=1S/C8H11BrN2O2S2/c9-7-2-4-14-8(7)15(12,13)11-6-1-3-10-5-6/h2,4,6,10-11H,1,3,5H2/t6-/m0/s1. The highest BCUT2D eigenvalue weighted by Crippen LogP contribution is 2.27. The van der Waals surface area contributed by atoms with E-state index in [1.165, 1.54) is 11.3 Å². The molecular formula is C8H11BrN2O2S2. The van der Waals surface area contributed by atoms with Crippen molar-refractivity contribution in [1.82, 2.24) is 10.0 Å². The van der Waals surface area contributed by atoms with Gasteiger partial charge in [0.15, 0.2) is 0 Å². The lowest BCUT2D eigenvalue weighted by Gasteiger charge is -2.10. The molecule has 1 fully saturated rings. The third kappa shape index (κ3) is 2.59. The van der Waals surface area contributed by atoms with Crippen LogP contribution in [0, 0.1) is 0 Å². The average Bonchev–Trinajstić information content (AvgIpc) is 2.75. The number of halogens is 1. The molecule has 2 rings (SSSR count). The molecule has 0 amide bonds. The van der Waals surface area contributed by atoms with Crippen molar-refractivity contribution in [2.45, 2.75) is 16.7 Å². The molecule has 4 nitrogen and oxygen atoms in total. The second kappa shape index (κ2) is 4.50. The van der Waals surface area contributed by atoms with Gasteiger partial charge in [0.25, 0.3) is 10.0 Å².